The van der Waals surface area contributed by atoms with E-state index in [0.717, 1.165) is 31.6 Å². The molecule has 1 amide bonds. The van der Waals surface area contributed by atoms with Crippen molar-refractivity contribution in [2.75, 3.05) is 50.5 Å². The van der Waals surface area contributed by atoms with Crippen molar-refractivity contribution in [2.45, 2.75) is 12.8 Å². The summed E-state index contributed by atoms with van der Waals surface area (Å²) in [6.45, 7) is 3.12. The maximum atomic E-state index is 12.2. The van der Waals surface area contributed by atoms with Crippen LogP contribution in [-0.4, -0.2) is 50.7 Å². The minimum Gasteiger partial charge on any atom is -0.486 e. The maximum absolute atomic E-state index is 12.2. The van der Waals surface area contributed by atoms with E-state index in [-0.39, 0.29) is 5.91 Å². The van der Waals surface area contributed by atoms with Crippen LogP contribution in [0.1, 0.15) is 12.8 Å². The molecule has 0 spiro atoms. The lowest BCUT2D eigenvalue weighted by Crippen LogP contribution is -2.37. The molecule has 6 nitrogen and oxygen atoms in total. The van der Waals surface area contributed by atoms with Crippen molar-refractivity contribution in [2.24, 2.45) is 0 Å². The number of amides is 1. The first-order valence-electron chi connectivity index (χ1n) is 7.33. The van der Waals surface area contributed by atoms with Gasteiger partial charge >= 0.3 is 0 Å². The lowest BCUT2D eigenvalue weighted by Gasteiger charge is -2.26. The number of likely N-dealkylation sites (tertiary alicyclic amines) is 1. The largest absolute Gasteiger partial charge is 0.486 e. The number of hydrogen-bond donors (Lipinski definition) is 1. The average molecular weight is 291 g/mol. The third-order valence-electron chi connectivity index (χ3n) is 3.93. The van der Waals surface area contributed by atoms with Crippen LogP contribution in [0.4, 0.5) is 11.4 Å². The van der Waals surface area contributed by atoms with E-state index in [2.05, 4.69) is 0 Å². The van der Waals surface area contributed by atoms with Crippen LogP contribution in [0.5, 0.6) is 11.5 Å². The number of nitrogens with two attached hydrogens (primary N) is 1. The van der Waals surface area contributed by atoms with Crippen LogP contribution in [0.3, 0.4) is 0 Å². The Morgan fingerprint density at radius 3 is 2.52 bits per heavy atom. The highest BCUT2D eigenvalue weighted by atomic mass is 16.6. The summed E-state index contributed by atoms with van der Waals surface area (Å²) in [4.78, 5) is 16.0. The number of anilines is 2. The molecule has 1 fully saturated rings. The number of benzene rings is 1. The van der Waals surface area contributed by atoms with Crippen LogP contribution in [0, 0.1) is 0 Å². The van der Waals surface area contributed by atoms with E-state index in [0.29, 0.717) is 36.9 Å². The fourth-order valence-corrected chi connectivity index (χ4v) is 2.78. The molecular weight excluding hydrogens is 270 g/mol. The van der Waals surface area contributed by atoms with Gasteiger partial charge in [-0.05, 0) is 12.8 Å². The third kappa shape index (κ3) is 2.84. The normalized spacial score (nSPS) is 16.9. The first-order chi connectivity index (χ1) is 10.1. The standard InChI is InChI=1S/C15H21N3O3/c1-17(10-15(19)18-4-2-3-5-18)12-9-14-13(8-11(12)16)20-6-7-21-14/h8-9H,2-7,10,16H2,1H3. The minimum atomic E-state index is 0.143. The van der Waals surface area contributed by atoms with Crippen molar-refractivity contribution < 1.29 is 14.3 Å². The Labute approximate surface area is 124 Å². The summed E-state index contributed by atoms with van der Waals surface area (Å²) in [5.74, 6) is 1.50. The Balaban J connectivity index is 1.74. The van der Waals surface area contributed by atoms with Gasteiger partial charge in [-0.3, -0.25) is 4.79 Å². The molecule has 6 heteroatoms. The molecule has 0 aromatic heterocycles. The van der Waals surface area contributed by atoms with E-state index in [4.69, 9.17) is 15.2 Å². The summed E-state index contributed by atoms with van der Waals surface area (Å²) < 4.78 is 11.1. The molecule has 3 rings (SSSR count). The Morgan fingerprint density at radius 1 is 1.24 bits per heavy atom. The van der Waals surface area contributed by atoms with Gasteiger partial charge in [-0.2, -0.15) is 0 Å². The summed E-state index contributed by atoms with van der Waals surface area (Å²) in [6, 6.07) is 3.61. The fraction of sp³-hybridized carbons (Fsp3) is 0.533. The molecule has 2 heterocycles. The smallest absolute Gasteiger partial charge is 0.242 e. The lowest BCUT2D eigenvalue weighted by atomic mass is 10.2. The van der Waals surface area contributed by atoms with Gasteiger partial charge in [0, 0.05) is 32.3 Å². The molecule has 1 saturated heterocycles. The Morgan fingerprint density at radius 2 is 1.86 bits per heavy atom. The lowest BCUT2D eigenvalue weighted by molar-refractivity contribution is -0.128. The zero-order chi connectivity index (χ0) is 14.8. The third-order valence-corrected chi connectivity index (χ3v) is 3.93. The number of carbonyl (C=O) groups is 1. The SMILES string of the molecule is CN(CC(=O)N1CCCC1)c1cc2c(cc1N)OCCO2. The number of rotatable bonds is 3. The van der Waals surface area contributed by atoms with E-state index in [1.165, 1.54) is 0 Å². The second kappa shape index (κ2) is 5.71. The number of nitrogen functional groups attached to an aromatic ring is 1. The van der Waals surface area contributed by atoms with Crippen LogP contribution < -0.4 is 20.1 Å². The van der Waals surface area contributed by atoms with E-state index >= 15 is 0 Å². The molecule has 2 aliphatic rings. The summed E-state index contributed by atoms with van der Waals surface area (Å²) in [6.07, 6.45) is 2.20. The topological polar surface area (TPSA) is 68.0 Å². The van der Waals surface area contributed by atoms with Crippen LogP contribution in [-0.2, 0) is 4.79 Å². The number of fused-ring (bicyclic) bond motifs is 1. The molecule has 0 unspecified atom stereocenters. The minimum absolute atomic E-state index is 0.143. The highest BCUT2D eigenvalue weighted by Crippen LogP contribution is 2.38. The predicted molar refractivity (Wildman–Crippen MR) is 80.9 cm³/mol. The molecule has 0 bridgehead atoms. The number of nitrogens with zero attached hydrogens (tertiary/aromatic N) is 2. The van der Waals surface area contributed by atoms with Gasteiger partial charge in [0.25, 0.3) is 0 Å². The van der Waals surface area contributed by atoms with Gasteiger partial charge in [-0.25, -0.2) is 0 Å². The number of ether oxygens (including phenoxy) is 2. The van der Waals surface area contributed by atoms with Gasteiger partial charge in [0.1, 0.15) is 13.2 Å². The van der Waals surface area contributed by atoms with Crippen molar-refractivity contribution >= 4 is 17.3 Å². The second-order valence-electron chi connectivity index (χ2n) is 5.50. The molecular formula is C15H21N3O3. The van der Waals surface area contributed by atoms with Crippen molar-refractivity contribution in [3.8, 4) is 11.5 Å². The molecule has 2 aliphatic heterocycles. The van der Waals surface area contributed by atoms with Crippen LogP contribution in [0.25, 0.3) is 0 Å². The molecule has 0 atom stereocenters. The van der Waals surface area contributed by atoms with E-state index in [1.54, 1.807) is 6.07 Å². The molecule has 2 N–H and O–H groups in total. The van der Waals surface area contributed by atoms with Gasteiger partial charge in [-0.15, -0.1) is 0 Å². The van der Waals surface area contributed by atoms with Gasteiger partial charge in [0.2, 0.25) is 5.91 Å². The van der Waals surface area contributed by atoms with Crippen LogP contribution in [0.15, 0.2) is 12.1 Å². The number of hydrogen-bond acceptors (Lipinski definition) is 5. The molecule has 1 aromatic carbocycles. The highest BCUT2D eigenvalue weighted by molar-refractivity contribution is 5.84. The van der Waals surface area contributed by atoms with E-state index in [1.807, 2.05) is 22.9 Å². The molecule has 21 heavy (non-hydrogen) atoms. The molecule has 114 valence electrons. The Bertz CT molecular complexity index is 541. The van der Waals surface area contributed by atoms with E-state index in [9.17, 15) is 4.79 Å². The highest BCUT2D eigenvalue weighted by Gasteiger charge is 2.21. The van der Waals surface area contributed by atoms with Crippen molar-refractivity contribution in [1.29, 1.82) is 0 Å². The Kier molecular flexibility index (Phi) is 3.77. The summed E-state index contributed by atoms with van der Waals surface area (Å²) in [7, 11) is 1.87. The van der Waals surface area contributed by atoms with Crippen LogP contribution in [0.2, 0.25) is 0 Å². The van der Waals surface area contributed by atoms with Gasteiger partial charge < -0.3 is 25.0 Å². The van der Waals surface area contributed by atoms with Crippen molar-refractivity contribution in [1.82, 2.24) is 4.90 Å². The average Bonchev–Trinajstić information content (AvgIpc) is 3.00. The fourth-order valence-electron chi connectivity index (χ4n) is 2.78. The second-order valence-corrected chi connectivity index (χ2v) is 5.50. The summed E-state index contributed by atoms with van der Waals surface area (Å²) >= 11 is 0. The molecule has 0 aliphatic carbocycles. The van der Waals surface area contributed by atoms with Crippen LogP contribution >= 0.6 is 0 Å². The zero-order valence-electron chi connectivity index (χ0n) is 12.3. The van der Waals surface area contributed by atoms with Crippen molar-refractivity contribution in [3.63, 3.8) is 0 Å². The summed E-state index contributed by atoms with van der Waals surface area (Å²) in [5.41, 5.74) is 7.46. The molecule has 0 radical (unpaired) electrons. The first kappa shape index (κ1) is 13.9. The Hall–Kier alpha value is -2.11. The summed E-state index contributed by atoms with van der Waals surface area (Å²) in [5, 5.41) is 0. The monoisotopic (exact) mass is 291 g/mol. The molecule has 0 saturated carbocycles. The van der Waals surface area contributed by atoms with Gasteiger partial charge in [-0.1, -0.05) is 0 Å². The van der Waals surface area contributed by atoms with Gasteiger partial charge in [0.15, 0.2) is 11.5 Å². The maximum Gasteiger partial charge on any atom is 0.242 e. The zero-order valence-corrected chi connectivity index (χ0v) is 12.3. The molecule has 1 aromatic rings. The quantitative estimate of drug-likeness (QED) is 0.845. The number of carbonyl (C=O) groups excluding carboxylic acids is 1. The number of likely N-dealkylation sites (N-methyl/N-ethyl adjacent to an activating group) is 1. The van der Waals surface area contributed by atoms with Crippen molar-refractivity contribution in [3.05, 3.63) is 12.1 Å². The van der Waals surface area contributed by atoms with E-state index < -0.39 is 0 Å². The first-order valence-corrected chi connectivity index (χ1v) is 7.33. The van der Waals surface area contributed by atoms with Gasteiger partial charge in [0.05, 0.1) is 17.9 Å². The predicted octanol–water partition coefficient (Wildman–Crippen LogP) is 1.10.